The molecule has 0 amide bonds. The molecule has 0 fully saturated rings. The summed E-state index contributed by atoms with van der Waals surface area (Å²) in [6.07, 6.45) is 0. The van der Waals surface area contributed by atoms with E-state index in [9.17, 15) is 0 Å². The van der Waals surface area contributed by atoms with Crippen molar-refractivity contribution in [3.8, 4) is 0 Å². The molecule has 0 unspecified atom stereocenters. The van der Waals surface area contributed by atoms with Crippen molar-refractivity contribution < 1.29 is 13.6 Å². The van der Waals surface area contributed by atoms with Gasteiger partial charge in [0, 0.05) is 0 Å². The predicted molar refractivity (Wildman–Crippen MR) is 77.7 cm³/mol. The van der Waals surface area contributed by atoms with Crippen LogP contribution in [-0.4, -0.2) is 23.7 Å². The highest BCUT2D eigenvalue weighted by atomic mass is 28.4. The van der Waals surface area contributed by atoms with Crippen molar-refractivity contribution in [2.24, 2.45) is 0 Å². The third kappa shape index (κ3) is 7.28. The van der Waals surface area contributed by atoms with Gasteiger partial charge in [-0.25, -0.2) is 0 Å². The standard InChI is InChI=1S/C12H26O3Si2/c1-10(2)11(14-16(4,5)6)12(13-3)15-17(7,8)9/h1H2,2-9H3/b12-11+. The molecule has 0 rings (SSSR count). The summed E-state index contributed by atoms with van der Waals surface area (Å²) in [6.45, 7) is 18.5. The average Bonchev–Trinajstić information content (AvgIpc) is 2.07. The van der Waals surface area contributed by atoms with Crippen LogP contribution in [0.25, 0.3) is 0 Å². The molecule has 3 nitrogen and oxygen atoms in total. The number of hydrogen-bond donors (Lipinski definition) is 0. The average molecular weight is 275 g/mol. The Bertz CT molecular complexity index is 309. The molecule has 0 aliphatic rings. The van der Waals surface area contributed by atoms with Crippen LogP contribution in [0.2, 0.25) is 39.3 Å². The van der Waals surface area contributed by atoms with E-state index in [-0.39, 0.29) is 0 Å². The molecule has 0 aromatic heterocycles. The predicted octanol–water partition coefficient (Wildman–Crippen LogP) is 4.08. The van der Waals surface area contributed by atoms with Crippen LogP contribution in [0.15, 0.2) is 23.9 Å². The first-order valence-corrected chi connectivity index (χ1v) is 12.6. The second-order valence-corrected chi connectivity index (χ2v) is 14.9. The van der Waals surface area contributed by atoms with E-state index in [4.69, 9.17) is 13.6 Å². The fraction of sp³-hybridized carbons (Fsp3) is 0.667. The van der Waals surface area contributed by atoms with E-state index < -0.39 is 16.6 Å². The molecule has 0 bridgehead atoms. The lowest BCUT2D eigenvalue weighted by Gasteiger charge is -2.27. The summed E-state index contributed by atoms with van der Waals surface area (Å²) in [6, 6.07) is 0. The maximum Gasteiger partial charge on any atom is 0.308 e. The Kier molecular flexibility index (Phi) is 5.54. The van der Waals surface area contributed by atoms with Crippen LogP contribution >= 0.6 is 0 Å². The quantitative estimate of drug-likeness (QED) is 0.415. The van der Waals surface area contributed by atoms with Gasteiger partial charge in [-0.15, -0.1) is 0 Å². The highest BCUT2D eigenvalue weighted by molar-refractivity contribution is 6.70. The Hall–Kier alpha value is -0.686. The summed E-state index contributed by atoms with van der Waals surface area (Å²) in [4.78, 5) is 0. The third-order valence-electron chi connectivity index (χ3n) is 1.57. The zero-order chi connectivity index (χ0) is 13.9. The van der Waals surface area contributed by atoms with E-state index in [1.165, 1.54) is 0 Å². The van der Waals surface area contributed by atoms with Gasteiger partial charge in [0.2, 0.25) is 16.6 Å². The van der Waals surface area contributed by atoms with Crippen LogP contribution in [0.5, 0.6) is 0 Å². The van der Waals surface area contributed by atoms with Gasteiger partial charge in [0.1, 0.15) is 0 Å². The molecule has 0 N–H and O–H groups in total. The normalized spacial score (nSPS) is 13.9. The van der Waals surface area contributed by atoms with Crippen LogP contribution in [0, 0.1) is 0 Å². The van der Waals surface area contributed by atoms with Crippen molar-refractivity contribution >= 4 is 16.6 Å². The SMILES string of the molecule is C=C(C)/C(O[Si](C)(C)C)=C(/OC)O[Si](C)(C)C. The summed E-state index contributed by atoms with van der Waals surface area (Å²) in [5.41, 5.74) is 0.836. The zero-order valence-corrected chi connectivity index (χ0v) is 14.4. The van der Waals surface area contributed by atoms with E-state index in [1.54, 1.807) is 7.11 Å². The van der Waals surface area contributed by atoms with Crippen LogP contribution in [-0.2, 0) is 13.6 Å². The molecule has 0 aliphatic heterocycles. The monoisotopic (exact) mass is 274 g/mol. The third-order valence-corrected chi connectivity index (χ3v) is 3.18. The van der Waals surface area contributed by atoms with Crippen molar-refractivity contribution in [3.05, 3.63) is 23.9 Å². The van der Waals surface area contributed by atoms with Crippen molar-refractivity contribution in [1.29, 1.82) is 0 Å². The van der Waals surface area contributed by atoms with Gasteiger partial charge in [-0.1, -0.05) is 6.58 Å². The largest absolute Gasteiger partial charge is 0.539 e. The molecular formula is C12H26O3Si2. The number of hydrogen-bond acceptors (Lipinski definition) is 3. The molecule has 0 aromatic carbocycles. The Morgan fingerprint density at radius 2 is 1.29 bits per heavy atom. The molecular weight excluding hydrogens is 248 g/mol. The number of allylic oxidation sites excluding steroid dienone is 1. The summed E-state index contributed by atoms with van der Waals surface area (Å²) in [5, 5.41) is 0. The lowest BCUT2D eigenvalue weighted by atomic mass is 10.3. The van der Waals surface area contributed by atoms with Gasteiger partial charge < -0.3 is 13.6 Å². The highest BCUT2D eigenvalue weighted by Crippen LogP contribution is 2.23. The summed E-state index contributed by atoms with van der Waals surface area (Å²) < 4.78 is 17.2. The Morgan fingerprint density at radius 3 is 1.53 bits per heavy atom. The number of ether oxygens (including phenoxy) is 1. The molecule has 0 spiro atoms. The molecule has 0 radical (unpaired) electrons. The molecule has 0 saturated heterocycles. The van der Waals surface area contributed by atoms with Gasteiger partial charge in [0.25, 0.3) is 0 Å². The summed E-state index contributed by atoms with van der Waals surface area (Å²) in [5.74, 6) is 1.13. The fourth-order valence-electron chi connectivity index (χ4n) is 1.07. The summed E-state index contributed by atoms with van der Waals surface area (Å²) in [7, 11) is -1.81. The van der Waals surface area contributed by atoms with Crippen molar-refractivity contribution in [3.63, 3.8) is 0 Å². The minimum atomic E-state index is -1.71. The lowest BCUT2D eigenvalue weighted by molar-refractivity contribution is 0.126. The van der Waals surface area contributed by atoms with Crippen molar-refractivity contribution in [1.82, 2.24) is 0 Å². The minimum absolute atomic E-state index is 0.471. The van der Waals surface area contributed by atoms with Gasteiger partial charge in [-0.2, -0.15) is 0 Å². The van der Waals surface area contributed by atoms with E-state index in [1.807, 2.05) is 6.92 Å². The molecule has 17 heavy (non-hydrogen) atoms. The van der Waals surface area contributed by atoms with Gasteiger partial charge in [0.15, 0.2) is 5.76 Å². The smallest absolute Gasteiger partial charge is 0.308 e. The van der Waals surface area contributed by atoms with Crippen LogP contribution in [0.3, 0.4) is 0 Å². The Labute approximate surface area is 108 Å². The van der Waals surface area contributed by atoms with E-state index in [2.05, 4.69) is 45.9 Å². The second kappa shape index (κ2) is 5.77. The van der Waals surface area contributed by atoms with Gasteiger partial charge in [-0.05, 0) is 51.8 Å². The minimum Gasteiger partial charge on any atom is -0.539 e. The first-order valence-electron chi connectivity index (χ1n) is 5.78. The van der Waals surface area contributed by atoms with E-state index >= 15 is 0 Å². The van der Waals surface area contributed by atoms with Crippen molar-refractivity contribution in [2.45, 2.75) is 46.2 Å². The van der Waals surface area contributed by atoms with Gasteiger partial charge in [-0.3, -0.25) is 0 Å². The first kappa shape index (κ1) is 16.3. The van der Waals surface area contributed by atoms with E-state index in [0.717, 1.165) is 5.57 Å². The molecule has 0 saturated carbocycles. The molecule has 0 atom stereocenters. The lowest BCUT2D eigenvalue weighted by Crippen LogP contribution is -2.30. The Morgan fingerprint density at radius 1 is 0.882 bits per heavy atom. The first-order chi connectivity index (χ1) is 7.46. The molecule has 0 aromatic rings. The highest BCUT2D eigenvalue weighted by Gasteiger charge is 2.26. The van der Waals surface area contributed by atoms with Crippen LogP contribution in [0.4, 0.5) is 0 Å². The topological polar surface area (TPSA) is 27.7 Å². The maximum absolute atomic E-state index is 5.99. The zero-order valence-electron chi connectivity index (χ0n) is 12.4. The van der Waals surface area contributed by atoms with Crippen LogP contribution < -0.4 is 0 Å². The summed E-state index contributed by atoms with van der Waals surface area (Å²) >= 11 is 0. The number of methoxy groups -OCH3 is 1. The fourth-order valence-corrected chi connectivity index (χ4v) is 2.67. The molecule has 0 aliphatic carbocycles. The van der Waals surface area contributed by atoms with Gasteiger partial charge in [0.05, 0.1) is 7.11 Å². The number of rotatable bonds is 6. The Balaban J connectivity index is 5.26. The van der Waals surface area contributed by atoms with Crippen LogP contribution in [0.1, 0.15) is 6.92 Å². The molecule has 5 heteroatoms. The molecule has 100 valence electrons. The van der Waals surface area contributed by atoms with E-state index in [0.29, 0.717) is 11.7 Å². The maximum atomic E-state index is 5.99. The van der Waals surface area contributed by atoms with Gasteiger partial charge >= 0.3 is 5.95 Å². The molecule has 0 heterocycles. The second-order valence-electron chi connectivity index (χ2n) is 6.03. The van der Waals surface area contributed by atoms with Crippen molar-refractivity contribution in [2.75, 3.05) is 7.11 Å².